The van der Waals surface area contributed by atoms with Crippen LogP contribution in [0.25, 0.3) is 20.5 Å². The predicted molar refractivity (Wildman–Crippen MR) is 86.7 cm³/mol. The zero-order valence-corrected chi connectivity index (χ0v) is 12.9. The molecular formula is C17H13NO3S. The molecule has 0 atom stereocenters. The molecule has 2 aromatic carbocycles. The summed E-state index contributed by atoms with van der Waals surface area (Å²) in [4.78, 5) is 0.742. The fourth-order valence-electron chi connectivity index (χ4n) is 2.39. The van der Waals surface area contributed by atoms with Gasteiger partial charge >= 0.3 is 0 Å². The van der Waals surface area contributed by atoms with E-state index in [9.17, 15) is 10.4 Å². The van der Waals surface area contributed by atoms with Gasteiger partial charge in [0.05, 0.1) is 24.7 Å². The number of hydrogen-bond donors (Lipinski definition) is 1. The zero-order chi connectivity index (χ0) is 15.7. The molecule has 1 heterocycles. The van der Waals surface area contributed by atoms with Crippen LogP contribution in [0.2, 0.25) is 0 Å². The molecule has 0 spiro atoms. The first kappa shape index (κ1) is 14.2. The fraction of sp³-hybridized carbons (Fsp3) is 0.118. The van der Waals surface area contributed by atoms with Gasteiger partial charge in [-0.3, -0.25) is 0 Å². The number of rotatable bonds is 3. The van der Waals surface area contributed by atoms with Gasteiger partial charge in [-0.15, -0.1) is 11.3 Å². The third kappa shape index (κ3) is 2.14. The first-order chi connectivity index (χ1) is 10.7. The van der Waals surface area contributed by atoms with Gasteiger partial charge in [-0.1, -0.05) is 12.1 Å². The average molecular weight is 311 g/mol. The third-order valence-electron chi connectivity index (χ3n) is 3.45. The van der Waals surface area contributed by atoms with Crippen molar-refractivity contribution < 1.29 is 14.6 Å². The van der Waals surface area contributed by atoms with E-state index in [1.807, 2.05) is 12.1 Å². The largest absolute Gasteiger partial charge is 0.507 e. The van der Waals surface area contributed by atoms with Gasteiger partial charge in [-0.25, -0.2) is 0 Å². The smallest absolute Gasteiger partial charge is 0.162 e. The van der Waals surface area contributed by atoms with Crippen molar-refractivity contribution in [2.75, 3.05) is 14.2 Å². The number of hydrogen-bond acceptors (Lipinski definition) is 5. The molecule has 110 valence electrons. The minimum atomic E-state index is 0.157. The van der Waals surface area contributed by atoms with Gasteiger partial charge in [0.2, 0.25) is 0 Å². The second-order valence-electron chi connectivity index (χ2n) is 4.64. The Morgan fingerprint density at radius 3 is 2.41 bits per heavy atom. The van der Waals surface area contributed by atoms with Crippen LogP contribution in [0.4, 0.5) is 0 Å². The SMILES string of the molecule is COc1cc2sc(-c3ccccc3O)c(C#N)c2cc1OC. The zero-order valence-electron chi connectivity index (χ0n) is 12.1. The van der Waals surface area contributed by atoms with E-state index in [0.717, 1.165) is 15.0 Å². The van der Waals surface area contributed by atoms with E-state index < -0.39 is 0 Å². The summed E-state index contributed by atoms with van der Waals surface area (Å²) < 4.78 is 11.5. The van der Waals surface area contributed by atoms with Gasteiger partial charge in [0, 0.05) is 21.7 Å². The van der Waals surface area contributed by atoms with Gasteiger partial charge in [-0.2, -0.15) is 5.26 Å². The summed E-state index contributed by atoms with van der Waals surface area (Å²) in [6.07, 6.45) is 0. The van der Waals surface area contributed by atoms with Gasteiger partial charge in [0.1, 0.15) is 11.8 Å². The first-order valence-electron chi connectivity index (χ1n) is 6.56. The van der Waals surface area contributed by atoms with Crippen LogP contribution in [0.3, 0.4) is 0 Å². The highest BCUT2D eigenvalue weighted by atomic mass is 32.1. The van der Waals surface area contributed by atoms with E-state index in [1.165, 1.54) is 11.3 Å². The van der Waals surface area contributed by atoms with Crippen molar-refractivity contribution in [2.24, 2.45) is 0 Å². The normalized spacial score (nSPS) is 10.4. The number of ether oxygens (including phenoxy) is 2. The Morgan fingerprint density at radius 1 is 1.09 bits per heavy atom. The minimum Gasteiger partial charge on any atom is -0.507 e. The van der Waals surface area contributed by atoms with Crippen LogP contribution in [-0.2, 0) is 0 Å². The molecule has 5 heteroatoms. The summed E-state index contributed by atoms with van der Waals surface area (Å²) in [5.74, 6) is 1.35. The molecule has 0 aliphatic carbocycles. The van der Waals surface area contributed by atoms with Crippen molar-refractivity contribution in [3.8, 4) is 33.8 Å². The summed E-state index contributed by atoms with van der Waals surface area (Å²) in [7, 11) is 3.14. The Labute approximate surface area is 131 Å². The minimum absolute atomic E-state index is 0.157. The maximum absolute atomic E-state index is 10.1. The lowest BCUT2D eigenvalue weighted by Crippen LogP contribution is -1.89. The summed E-state index contributed by atoms with van der Waals surface area (Å²) >= 11 is 1.45. The highest BCUT2D eigenvalue weighted by Gasteiger charge is 2.18. The molecule has 1 N–H and O–H groups in total. The molecule has 0 radical (unpaired) electrons. The molecule has 22 heavy (non-hydrogen) atoms. The maximum Gasteiger partial charge on any atom is 0.162 e. The summed E-state index contributed by atoms with van der Waals surface area (Å²) in [5, 5.41) is 20.4. The quantitative estimate of drug-likeness (QED) is 0.789. The van der Waals surface area contributed by atoms with Gasteiger partial charge in [0.15, 0.2) is 11.5 Å². The number of para-hydroxylation sites is 1. The van der Waals surface area contributed by atoms with Crippen molar-refractivity contribution >= 4 is 21.4 Å². The Morgan fingerprint density at radius 2 is 1.77 bits per heavy atom. The Kier molecular flexibility index (Phi) is 3.61. The molecule has 0 fully saturated rings. The molecule has 0 amide bonds. The number of nitrogens with zero attached hydrogens (tertiary/aromatic N) is 1. The molecule has 0 unspecified atom stereocenters. The molecule has 1 aromatic heterocycles. The summed E-state index contributed by atoms with van der Waals surface area (Å²) in [6.45, 7) is 0. The molecule has 0 bridgehead atoms. The lowest BCUT2D eigenvalue weighted by molar-refractivity contribution is 0.356. The lowest BCUT2D eigenvalue weighted by atomic mass is 10.1. The molecule has 0 saturated heterocycles. The molecular weight excluding hydrogens is 298 g/mol. The number of methoxy groups -OCH3 is 2. The first-order valence-corrected chi connectivity index (χ1v) is 7.38. The van der Waals surface area contributed by atoms with Crippen molar-refractivity contribution in [1.29, 1.82) is 5.26 Å². The lowest BCUT2D eigenvalue weighted by Gasteiger charge is -2.06. The van der Waals surface area contributed by atoms with E-state index >= 15 is 0 Å². The molecule has 0 saturated carbocycles. The highest BCUT2D eigenvalue weighted by molar-refractivity contribution is 7.22. The fourth-order valence-corrected chi connectivity index (χ4v) is 3.59. The van der Waals surface area contributed by atoms with Crippen LogP contribution in [-0.4, -0.2) is 19.3 Å². The van der Waals surface area contributed by atoms with Gasteiger partial charge < -0.3 is 14.6 Å². The van der Waals surface area contributed by atoms with Crippen molar-refractivity contribution in [3.05, 3.63) is 42.0 Å². The molecule has 3 rings (SSSR count). The van der Waals surface area contributed by atoms with Crippen LogP contribution in [0, 0.1) is 11.3 Å². The number of thiophene rings is 1. The van der Waals surface area contributed by atoms with E-state index in [2.05, 4.69) is 6.07 Å². The van der Waals surface area contributed by atoms with Crippen LogP contribution in [0.15, 0.2) is 36.4 Å². The highest BCUT2D eigenvalue weighted by Crippen LogP contribution is 2.44. The maximum atomic E-state index is 10.1. The van der Waals surface area contributed by atoms with Crippen LogP contribution in [0.5, 0.6) is 17.2 Å². The molecule has 3 aromatic rings. The Hall–Kier alpha value is -2.71. The second-order valence-corrected chi connectivity index (χ2v) is 5.69. The van der Waals surface area contributed by atoms with Crippen LogP contribution in [0.1, 0.15) is 5.56 Å². The van der Waals surface area contributed by atoms with Gasteiger partial charge in [0.25, 0.3) is 0 Å². The van der Waals surface area contributed by atoms with Crippen LogP contribution >= 0.6 is 11.3 Å². The van der Waals surface area contributed by atoms with Crippen molar-refractivity contribution in [1.82, 2.24) is 0 Å². The number of benzene rings is 2. The number of phenolic OH excluding ortho intramolecular Hbond substituents is 1. The molecule has 0 aliphatic heterocycles. The van der Waals surface area contributed by atoms with E-state index in [1.54, 1.807) is 38.5 Å². The summed E-state index contributed by atoms with van der Waals surface area (Å²) in [5.41, 5.74) is 1.18. The Balaban J connectivity index is 2.34. The van der Waals surface area contributed by atoms with E-state index in [4.69, 9.17) is 9.47 Å². The Bertz CT molecular complexity index is 893. The molecule has 0 aliphatic rings. The van der Waals surface area contributed by atoms with Gasteiger partial charge in [-0.05, 0) is 18.2 Å². The number of fused-ring (bicyclic) bond motifs is 1. The topological polar surface area (TPSA) is 62.5 Å². The number of phenols is 1. The summed E-state index contributed by atoms with van der Waals surface area (Å²) in [6, 6.07) is 12.9. The van der Waals surface area contributed by atoms with Crippen molar-refractivity contribution in [3.63, 3.8) is 0 Å². The third-order valence-corrected chi connectivity index (χ3v) is 4.64. The number of nitriles is 1. The second kappa shape index (κ2) is 5.58. The molecule has 4 nitrogen and oxygen atoms in total. The average Bonchev–Trinajstić information content (AvgIpc) is 2.90. The standard InChI is InChI=1S/C17H13NO3S/c1-20-14-7-11-12(9-18)17(10-5-3-4-6-13(10)19)22-16(11)8-15(14)21-2/h3-8,19H,1-2H3. The predicted octanol–water partition coefficient (Wildman–Crippen LogP) is 4.16. The van der Waals surface area contributed by atoms with Crippen molar-refractivity contribution in [2.45, 2.75) is 0 Å². The monoisotopic (exact) mass is 311 g/mol. The van der Waals surface area contributed by atoms with Crippen LogP contribution < -0.4 is 9.47 Å². The number of aromatic hydroxyl groups is 1. The van der Waals surface area contributed by atoms with E-state index in [-0.39, 0.29) is 5.75 Å². The van der Waals surface area contributed by atoms with E-state index in [0.29, 0.717) is 22.6 Å².